The fraction of sp³-hybridized carbons (Fsp3) is 0.333. The summed E-state index contributed by atoms with van der Waals surface area (Å²) in [5.74, 6) is 0.820. The highest BCUT2D eigenvalue weighted by Gasteiger charge is 2.30. The summed E-state index contributed by atoms with van der Waals surface area (Å²) in [4.78, 5) is 21.3. The van der Waals surface area contributed by atoms with E-state index in [-0.39, 0.29) is 12.3 Å². The predicted octanol–water partition coefficient (Wildman–Crippen LogP) is 5.12. The van der Waals surface area contributed by atoms with E-state index in [2.05, 4.69) is 4.90 Å². The Balaban J connectivity index is 1.27. The van der Waals surface area contributed by atoms with Gasteiger partial charge in [0, 0.05) is 43.5 Å². The van der Waals surface area contributed by atoms with E-state index in [0.717, 1.165) is 39.8 Å². The monoisotopic (exact) mass is 475 g/mol. The summed E-state index contributed by atoms with van der Waals surface area (Å²) in [6.45, 7) is 2.59. The first kappa shape index (κ1) is 23.1. The number of carbonyl (C=O) groups excluding carboxylic acids is 1. The first-order valence-electron chi connectivity index (χ1n) is 10.6. The average molecular weight is 476 g/mol. The molecule has 0 atom stereocenters. The molecule has 0 aliphatic carbocycles. The summed E-state index contributed by atoms with van der Waals surface area (Å²) in [7, 11) is 1.63. The standard InChI is InChI=1S/C24H24F3N3O2S/c1-32-20-9-5-18(6-10-20)21-16-33-23(28-21)30-14-12-29(13-15-30)22(31)11-4-17-2-7-19(8-3-17)24(25,26)27/h2-3,5-10,16H,4,11-15H2,1H3. The van der Waals surface area contributed by atoms with Crippen LogP contribution in [0.3, 0.4) is 0 Å². The Kier molecular flexibility index (Phi) is 6.88. The van der Waals surface area contributed by atoms with Crippen molar-refractivity contribution >= 4 is 22.4 Å². The molecule has 0 radical (unpaired) electrons. The van der Waals surface area contributed by atoms with Gasteiger partial charge < -0.3 is 14.5 Å². The molecule has 1 aliphatic rings. The molecule has 1 fully saturated rings. The van der Waals surface area contributed by atoms with Crippen molar-refractivity contribution < 1.29 is 22.7 Å². The van der Waals surface area contributed by atoms with Crippen LogP contribution in [-0.2, 0) is 17.4 Å². The first-order chi connectivity index (χ1) is 15.8. The third-order valence-electron chi connectivity index (χ3n) is 5.69. The number of piperazine rings is 1. The number of benzene rings is 2. The Morgan fingerprint density at radius 1 is 1.03 bits per heavy atom. The van der Waals surface area contributed by atoms with Gasteiger partial charge in [0.2, 0.25) is 5.91 Å². The number of carbonyl (C=O) groups is 1. The Hall–Kier alpha value is -3.07. The molecule has 1 aliphatic heterocycles. The molecule has 3 aromatic rings. The molecule has 2 aromatic carbocycles. The number of hydrogen-bond acceptors (Lipinski definition) is 5. The normalized spacial score (nSPS) is 14.4. The molecule has 174 valence electrons. The van der Waals surface area contributed by atoms with E-state index in [9.17, 15) is 18.0 Å². The number of aromatic nitrogens is 1. The zero-order valence-corrected chi connectivity index (χ0v) is 19.0. The zero-order valence-electron chi connectivity index (χ0n) is 18.1. The van der Waals surface area contributed by atoms with Crippen LogP contribution in [0.25, 0.3) is 11.3 Å². The van der Waals surface area contributed by atoms with E-state index in [4.69, 9.17) is 9.72 Å². The molecule has 0 bridgehead atoms. The van der Waals surface area contributed by atoms with Crippen LogP contribution in [0.5, 0.6) is 5.75 Å². The second-order valence-corrected chi connectivity index (χ2v) is 8.64. The Morgan fingerprint density at radius 2 is 1.70 bits per heavy atom. The molecule has 0 spiro atoms. The number of ether oxygens (including phenoxy) is 1. The van der Waals surface area contributed by atoms with E-state index in [1.54, 1.807) is 18.4 Å². The number of aryl methyl sites for hydroxylation is 1. The molecule has 1 saturated heterocycles. The lowest BCUT2D eigenvalue weighted by molar-refractivity contribution is -0.137. The van der Waals surface area contributed by atoms with Gasteiger partial charge in [-0.15, -0.1) is 11.3 Å². The van der Waals surface area contributed by atoms with Crippen molar-refractivity contribution in [3.05, 3.63) is 65.0 Å². The van der Waals surface area contributed by atoms with Crippen LogP contribution in [0.1, 0.15) is 17.5 Å². The van der Waals surface area contributed by atoms with Gasteiger partial charge in [0.15, 0.2) is 5.13 Å². The van der Waals surface area contributed by atoms with Crippen LogP contribution in [0.4, 0.5) is 18.3 Å². The first-order valence-corrected chi connectivity index (χ1v) is 11.5. The Morgan fingerprint density at radius 3 is 2.30 bits per heavy atom. The van der Waals surface area contributed by atoms with Gasteiger partial charge in [-0.2, -0.15) is 13.2 Å². The number of anilines is 1. The number of rotatable bonds is 6. The van der Waals surface area contributed by atoms with E-state index in [0.29, 0.717) is 32.6 Å². The minimum Gasteiger partial charge on any atom is -0.497 e. The van der Waals surface area contributed by atoms with Gasteiger partial charge in [0.1, 0.15) is 5.75 Å². The topological polar surface area (TPSA) is 45.7 Å². The smallest absolute Gasteiger partial charge is 0.416 e. The maximum absolute atomic E-state index is 12.7. The molecule has 9 heteroatoms. The highest BCUT2D eigenvalue weighted by atomic mass is 32.1. The van der Waals surface area contributed by atoms with Crippen molar-refractivity contribution in [1.29, 1.82) is 0 Å². The number of amides is 1. The van der Waals surface area contributed by atoms with Crippen LogP contribution in [0, 0.1) is 0 Å². The van der Waals surface area contributed by atoms with Crippen LogP contribution >= 0.6 is 11.3 Å². The lowest BCUT2D eigenvalue weighted by atomic mass is 10.1. The predicted molar refractivity (Wildman–Crippen MR) is 123 cm³/mol. The molecule has 5 nitrogen and oxygen atoms in total. The average Bonchev–Trinajstić information content (AvgIpc) is 3.33. The molecule has 0 N–H and O–H groups in total. The van der Waals surface area contributed by atoms with Crippen LogP contribution < -0.4 is 9.64 Å². The van der Waals surface area contributed by atoms with Crippen molar-refractivity contribution in [2.24, 2.45) is 0 Å². The largest absolute Gasteiger partial charge is 0.497 e. The Bertz CT molecular complexity index is 1070. The number of hydrogen-bond donors (Lipinski definition) is 0. The zero-order chi connectivity index (χ0) is 23.4. The highest BCUT2D eigenvalue weighted by molar-refractivity contribution is 7.14. The Labute approximate surface area is 194 Å². The number of halogens is 3. The number of alkyl halides is 3. The third-order valence-corrected chi connectivity index (χ3v) is 6.59. The van der Waals surface area contributed by atoms with Crippen LogP contribution in [0.15, 0.2) is 53.9 Å². The molecule has 33 heavy (non-hydrogen) atoms. The molecule has 0 unspecified atom stereocenters. The van der Waals surface area contributed by atoms with Gasteiger partial charge in [0.25, 0.3) is 0 Å². The van der Waals surface area contributed by atoms with E-state index < -0.39 is 11.7 Å². The van der Waals surface area contributed by atoms with Crippen LogP contribution in [-0.4, -0.2) is 49.1 Å². The highest BCUT2D eigenvalue weighted by Crippen LogP contribution is 2.30. The van der Waals surface area contributed by atoms with E-state index >= 15 is 0 Å². The van der Waals surface area contributed by atoms with Crippen molar-refractivity contribution in [1.82, 2.24) is 9.88 Å². The van der Waals surface area contributed by atoms with E-state index in [1.165, 1.54) is 12.1 Å². The van der Waals surface area contributed by atoms with Gasteiger partial charge in [-0.05, 0) is 48.4 Å². The quantitative estimate of drug-likeness (QED) is 0.497. The van der Waals surface area contributed by atoms with Crippen LogP contribution in [0.2, 0.25) is 0 Å². The molecular formula is C24H24F3N3O2S. The maximum atomic E-state index is 12.7. The molecule has 0 saturated carbocycles. The van der Waals surface area contributed by atoms with Crippen molar-refractivity contribution in [2.75, 3.05) is 38.2 Å². The SMILES string of the molecule is COc1ccc(-c2csc(N3CCN(C(=O)CCc4ccc(C(F)(F)F)cc4)CC3)n2)cc1. The maximum Gasteiger partial charge on any atom is 0.416 e. The fourth-order valence-electron chi connectivity index (χ4n) is 3.72. The van der Waals surface area contributed by atoms with Crippen molar-refractivity contribution in [2.45, 2.75) is 19.0 Å². The molecule has 2 heterocycles. The summed E-state index contributed by atoms with van der Waals surface area (Å²) in [6, 6.07) is 12.8. The second-order valence-electron chi connectivity index (χ2n) is 7.81. The lowest BCUT2D eigenvalue weighted by Crippen LogP contribution is -2.48. The number of methoxy groups -OCH3 is 1. The number of nitrogens with zero attached hydrogens (tertiary/aromatic N) is 3. The third kappa shape index (κ3) is 5.65. The number of thiazole rings is 1. The van der Waals surface area contributed by atoms with Gasteiger partial charge >= 0.3 is 6.18 Å². The van der Waals surface area contributed by atoms with Gasteiger partial charge in [-0.3, -0.25) is 4.79 Å². The van der Waals surface area contributed by atoms with Crippen molar-refractivity contribution in [3.8, 4) is 17.0 Å². The molecule has 4 rings (SSSR count). The summed E-state index contributed by atoms with van der Waals surface area (Å²) in [5, 5.41) is 2.95. The van der Waals surface area contributed by atoms with Gasteiger partial charge in [-0.25, -0.2) is 4.98 Å². The minimum absolute atomic E-state index is 0.0209. The van der Waals surface area contributed by atoms with Gasteiger partial charge in [-0.1, -0.05) is 12.1 Å². The van der Waals surface area contributed by atoms with Gasteiger partial charge in [0.05, 0.1) is 18.4 Å². The molecular weight excluding hydrogens is 451 g/mol. The van der Waals surface area contributed by atoms with Crippen molar-refractivity contribution in [3.63, 3.8) is 0 Å². The minimum atomic E-state index is -4.35. The fourth-order valence-corrected chi connectivity index (χ4v) is 4.61. The summed E-state index contributed by atoms with van der Waals surface area (Å²) >= 11 is 1.58. The summed E-state index contributed by atoms with van der Waals surface area (Å²) in [5.41, 5.74) is 1.98. The summed E-state index contributed by atoms with van der Waals surface area (Å²) in [6.07, 6.45) is -3.64. The second kappa shape index (κ2) is 9.82. The van der Waals surface area contributed by atoms with E-state index in [1.807, 2.05) is 34.5 Å². The lowest BCUT2D eigenvalue weighted by Gasteiger charge is -2.34. The summed E-state index contributed by atoms with van der Waals surface area (Å²) < 4.78 is 43.2. The molecule has 1 amide bonds. The molecule has 1 aromatic heterocycles.